The Labute approximate surface area is 131 Å². The number of nitrogens with zero attached hydrogens (tertiary/aromatic N) is 2. The molecule has 0 spiro atoms. The van der Waals surface area contributed by atoms with Gasteiger partial charge < -0.3 is 0 Å². The zero-order valence-electron chi connectivity index (χ0n) is 11.9. The fourth-order valence-electron chi connectivity index (χ4n) is 2.69. The lowest BCUT2D eigenvalue weighted by Gasteiger charge is -2.11. The third kappa shape index (κ3) is 2.17. The monoisotopic (exact) mass is 346 g/mol. The molecule has 20 heavy (non-hydrogen) atoms. The maximum Gasteiger partial charge on any atom is 0.125 e. The minimum atomic E-state index is 0.823. The van der Waals surface area contributed by atoms with Gasteiger partial charge in [-0.3, -0.25) is 0 Å². The van der Waals surface area contributed by atoms with Crippen molar-refractivity contribution in [1.82, 2.24) is 9.97 Å². The van der Waals surface area contributed by atoms with Crippen molar-refractivity contribution in [2.45, 2.75) is 27.7 Å². The van der Waals surface area contributed by atoms with Crippen LogP contribution >= 0.6 is 27.3 Å². The Hall–Kier alpha value is -1.26. The molecule has 0 atom stereocenters. The van der Waals surface area contributed by atoms with Gasteiger partial charge in [-0.1, -0.05) is 15.9 Å². The molecule has 0 N–H and O–H groups in total. The van der Waals surface area contributed by atoms with Crippen LogP contribution in [-0.2, 0) is 0 Å². The van der Waals surface area contributed by atoms with Crippen molar-refractivity contribution in [2.75, 3.05) is 0 Å². The first-order chi connectivity index (χ1) is 9.47. The lowest BCUT2D eigenvalue weighted by atomic mass is 9.95. The highest BCUT2D eigenvalue weighted by atomic mass is 79.9. The Balaban J connectivity index is 2.40. The zero-order chi connectivity index (χ0) is 14.4. The molecule has 0 saturated heterocycles. The summed E-state index contributed by atoms with van der Waals surface area (Å²) >= 11 is 5.33. The number of aromatic nitrogens is 2. The Morgan fingerprint density at radius 3 is 2.30 bits per heavy atom. The molecule has 102 valence electrons. The number of thiophene rings is 1. The summed E-state index contributed by atoms with van der Waals surface area (Å²) in [7, 11) is 0. The molecule has 3 rings (SSSR count). The van der Waals surface area contributed by atoms with Gasteiger partial charge in [-0.05, 0) is 56.5 Å². The third-order valence-corrected chi connectivity index (χ3v) is 4.96. The summed E-state index contributed by atoms with van der Waals surface area (Å²) in [4.78, 5) is 10.3. The van der Waals surface area contributed by atoms with E-state index in [0.29, 0.717) is 0 Å². The molecular formula is C16H15BrN2S. The molecule has 0 amide bonds. The second kappa shape index (κ2) is 4.93. The van der Waals surface area contributed by atoms with E-state index in [1.807, 2.05) is 13.1 Å². The first-order valence-corrected chi connectivity index (χ1v) is 8.08. The highest BCUT2D eigenvalue weighted by molar-refractivity contribution is 9.10. The van der Waals surface area contributed by atoms with Gasteiger partial charge in [0.2, 0.25) is 0 Å². The van der Waals surface area contributed by atoms with Crippen molar-refractivity contribution in [3.05, 3.63) is 44.6 Å². The van der Waals surface area contributed by atoms with Crippen molar-refractivity contribution in [1.29, 1.82) is 0 Å². The normalized spacial score (nSPS) is 11.2. The van der Waals surface area contributed by atoms with E-state index in [2.05, 4.69) is 58.8 Å². The Bertz CT molecular complexity index is 798. The van der Waals surface area contributed by atoms with Gasteiger partial charge in [0, 0.05) is 21.1 Å². The summed E-state index contributed by atoms with van der Waals surface area (Å²) in [6.07, 6.45) is 1.93. The summed E-state index contributed by atoms with van der Waals surface area (Å²) in [5.41, 5.74) is 6.19. The van der Waals surface area contributed by atoms with Gasteiger partial charge in [-0.25, -0.2) is 9.97 Å². The Morgan fingerprint density at radius 1 is 1.00 bits per heavy atom. The number of hydrogen-bond acceptors (Lipinski definition) is 3. The van der Waals surface area contributed by atoms with Crippen LogP contribution in [0.3, 0.4) is 0 Å². The van der Waals surface area contributed by atoms with Crippen LogP contribution in [0.2, 0.25) is 0 Å². The van der Waals surface area contributed by atoms with E-state index in [9.17, 15) is 0 Å². The number of hydrogen-bond donors (Lipinski definition) is 0. The summed E-state index contributed by atoms with van der Waals surface area (Å²) in [5, 5.41) is 0. The van der Waals surface area contributed by atoms with E-state index < -0.39 is 0 Å². The molecule has 2 aromatic heterocycles. The van der Waals surface area contributed by atoms with Gasteiger partial charge in [0.05, 0.1) is 10.2 Å². The first-order valence-electron chi connectivity index (χ1n) is 6.47. The van der Waals surface area contributed by atoms with Crippen LogP contribution in [0.1, 0.15) is 21.8 Å². The second-order valence-corrected chi connectivity index (χ2v) is 7.25. The van der Waals surface area contributed by atoms with E-state index in [1.165, 1.54) is 27.1 Å². The van der Waals surface area contributed by atoms with Crippen LogP contribution in [0.15, 0.2) is 22.8 Å². The maximum absolute atomic E-state index is 4.67. The standard InChI is InChI=1S/C16H15BrN2S/c1-8-5-12(17)6-9(2)14(8)15-10(3)20-13-7-18-11(4)19-16(13)15/h5-7H,1-4H3. The molecule has 0 saturated carbocycles. The van der Waals surface area contributed by atoms with Crippen LogP contribution in [-0.4, -0.2) is 9.97 Å². The molecule has 0 aliphatic rings. The molecule has 0 bridgehead atoms. The minimum absolute atomic E-state index is 0.823. The van der Waals surface area contributed by atoms with Crippen molar-refractivity contribution >= 4 is 37.5 Å². The number of rotatable bonds is 1. The van der Waals surface area contributed by atoms with Gasteiger partial charge in [-0.15, -0.1) is 11.3 Å². The maximum atomic E-state index is 4.67. The van der Waals surface area contributed by atoms with Gasteiger partial charge in [0.25, 0.3) is 0 Å². The SMILES string of the molecule is Cc1ncc2sc(C)c(-c3c(C)cc(Br)cc3C)c2n1. The summed E-state index contributed by atoms with van der Waals surface area (Å²) in [6, 6.07) is 4.33. The molecule has 0 aliphatic heterocycles. The lowest BCUT2D eigenvalue weighted by Crippen LogP contribution is -1.92. The molecule has 2 heterocycles. The highest BCUT2D eigenvalue weighted by Gasteiger charge is 2.17. The first kappa shape index (κ1) is 13.7. The highest BCUT2D eigenvalue weighted by Crippen LogP contribution is 2.40. The predicted molar refractivity (Wildman–Crippen MR) is 89.5 cm³/mol. The smallest absolute Gasteiger partial charge is 0.125 e. The van der Waals surface area contributed by atoms with E-state index in [-0.39, 0.29) is 0 Å². The van der Waals surface area contributed by atoms with Crippen molar-refractivity contribution in [3.8, 4) is 11.1 Å². The van der Waals surface area contributed by atoms with Gasteiger partial charge in [-0.2, -0.15) is 0 Å². The van der Waals surface area contributed by atoms with E-state index >= 15 is 0 Å². The average Bonchev–Trinajstić information content (AvgIpc) is 2.65. The molecule has 2 nitrogen and oxygen atoms in total. The van der Waals surface area contributed by atoms with Crippen molar-refractivity contribution < 1.29 is 0 Å². The van der Waals surface area contributed by atoms with Gasteiger partial charge >= 0.3 is 0 Å². The molecule has 0 unspecified atom stereocenters. The topological polar surface area (TPSA) is 25.8 Å². The zero-order valence-corrected chi connectivity index (χ0v) is 14.3. The number of halogens is 1. The van der Waals surface area contributed by atoms with E-state index in [0.717, 1.165) is 20.5 Å². The predicted octanol–water partition coefficient (Wildman–Crippen LogP) is 5.35. The Kier molecular flexibility index (Phi) is 3.38. The fraction of sp³-hybridized carbons (Fsp3) is 0.250. The van der Waals surface area contributed by atoms with Crippen LogP contribution in [0.5, 0.6) is 0 Å². The largest absolute Gasteiger partial charge is 0.240 e. The molecule has 3 aromatic rings. The molecule has 4 heteroatoms. The molecule has 1 aromatic carbocycles. The van der Waals surface area contributed by atoms with Gasteiger partial charge in [0.1, 0.15) is 5.82 Å². The van der Waals surface area contributed by atoms with Crippen LogP contribution in [0.25, 0.3) is 21.3 Å². The number of benzene rings is 1. The van der Waals surface area contributed by atoms with Crippen LogP contribution in [0, 0.1) is 27.7 Å². The molecule has 0 aliphatic carbocycles. The summed E-state index contributed by atoms with van der Waals surface area (Å²) < 4.78 is 2.28. The second-order valence-electron chi connectivity index (χ2n) is 5.08. The van der Waals surface area contributed by atoms with Crippen molar-refractivity contribution in [2.24, 2.45) is 0 Å². The van der Waals surface area contributed by atoms with Crippen LogP contribution in [0.4, 0.5) is 0 Å². The van der Waals surface area contributed by atoms with Crippen LogP contribution < -0.4 is 0 Å². The Morgan fingerprint density at radius 2 is 1.65 bits per heavy atom. The fourth-order valence-corrected chi connectivity index (χ4v) is 4.36. The summed E-state index contributed by atoms with van der Waals surface area (Å²) in [5.74, 6) is 0.823. The quantitative estimate of drug-likeness (QED) is 0.593. The molecule has 0 radical (unpaired) electrons. The minimum Gasteiger partial charge on any atom is -0.240 e. The lowest BCUT2D eigenvalue weighted by molar-refractivity contribution is 1.10. The molecule has 0 fully saturated rings. The average molecular weight is 347 g/mol. The van der Waals surface area contributed by atoms with E-state index in [1.54, 1.807) is 11.3 Å². The number of fused-ring (bicyclic) bond motifs is 1. The van der Waals surface area contributed by atoms with E-state index in [4.69, 9.17) is 0 Å². The third-order valence-electron chi connectivity index (χ3n) is 3.48. The number of aryl methyl sites for hydroxylation is 4. The summed E-state index contributed by atoms with van der Waals surface area (Å²) in [6.45, 7) is 8.42. The molecular weight excluding hydrogens is 332 g/mol. The van der Waals surface area contributed by atoms with Crippen molar-refractivity contribution in [3.63, 3.8) is 0 Å². The van der Waals surface area contributed by atoms with Gasteiger partial charge in [0.15, 0.2) is 0 Å².